The summed E-state index contributed by atoms with van der Waals surface area (Å²) in [5, 5.41) is 0. The molecular formula is C5H17O3S-. The van der Waals surface area contributed by atoms with Crippen molar-refractivity contribution in [2.75, 3.05) is 5.75 Å². The average molecular weight is 157 g/mol. The molecule has 0 saturated carbocycles. The molecular weight excluding hydrogens is 140 g/mol. The van der Waals surface area contributed by atoms with E-state index in [1.54, 1.807) is 0 Å². The summed E-state index contributed by atoms with van der Waals surface area (Å²) in [7, 11) is -3.91. The van der Waals surface area contributed by atoms with Gasteiger partial charge in [-0.3, -0.25) is 0 Å². The molecule has 0 unspecified atom stereocenters. The molecule has 0 aromatic heterocycles. The van der Waals surface area contributed by atoms with E-state index in [4.69, 9.17) is 0 Å². The van der Waals surface area contributed by atoms with E-state index in [9.17, 15) is 13.0 Å². The standard InChI is InChI=1S/C2H6O3S.3CH4/c1-2-6(3,4)5;;;/h2H2,1H3,(H,3,4,5);3*1H4/p-1. The smallest absolute Gasteiger partial charge is 0.0943 e. The van der Waals surface area contributed by atoms with Gasteiger partial charge in [0.05, 0.1) is 10.1 Å². The Morgan fingerprint density at radius 2 is 1.33 bits per heavy atom. The number of hydrogen-bond donors (Lipinski definition) is 0. The second-order valence-electron chi connectivity index (χ2n) is 0.846. The van der Waals surface area contributed by atoms with Gasteiger partial charge in [-0.1, -0.05) is 29.2 Å². The minimum Gasteiger partial charge on any atom is -0.748 e. The first kappa shape index (κ1) is 23.1. The second-order valence-corrected chi connectivity index (χ2v) is 2.54. The number of hydrogen-bond acceptors (Lipinski definition) is 3. The Morgan fingerprint density at radius 3 is 1.33 bits per heavy atom. The number of rotatable bonds is 1. The van der Waals surface area contributed by atoms with Gasteiger partial charge in [0.1, 0.15) is 0 Å². The first-order valence-corrected chi connectivity index (χ1v) is 3.07. The second kappa shape index (κ2) is 7.91. The van der Waals surface area contributed by atoms with Gasteiger partial charge < -0.3 is 4.55 Å². The Morgan fingerprint density at radius 1 is 1.22 bits per heavy atom. The van der Waals surface area contributed by atoms with Crippen LogP contribution in [0.4, 0.5) is 0 Å². The van der Waals surface area contributed by atoms with Crippen LogP contribution < -0.4 is 0 Å². The highest BCUT2D eigenvalue weighted by Gasteiger charge is 1.80. The molecule has 0 aliphatic rings. The zero-order valence-electron chi connectivity index (χ0n) is 3.34. The molecule has 0 aromatic rings. The van der Waals surface area contributed by atoms with Gasteiger partial charge >= 0.3 is 0 Å². The van der Waals surface area contributed by atoms with E-state index in [1.807, 2.05) is 0 Å². The van der Waals surface area contributed by atoms with Gasteiger partial charge in [-0.2, -0.15) is 0 Å². The van der Waals surface area contributed by atoms with Crippen LogP contribution in [0.15, 0.2) is 0 Å². The van der Waals surface area contributed by atoms with Crippen molar-refractivity contribution < 1.29 is 13.0 Å². The van der Waals surface area contributed by atoms with Crippen LogP contribution in [-0.2, 0) is 10.1 Å². The van der Waals surface area contributed by atoms with Gasteiger partial charge in [0.25, 0.3) is 0 Å². The molecule has 3 nitrogen and oxygen atoms in total. The predicted octanol–water partition coefficient (Wildman–Crippen LogP) is 1.46. The van der Waals surface area contributed by atoms with Crippen molar-refractivity contribution in [3.8, 4) is 0 Å². The molecule has 0 bridgehead atoms. The molecule has 0 radical (unpaired) electrons. The molecule has 62 valence electrons. The lowest BCUT2D eigenvalue weighted by molar-refractivity contribution is 0.464. The fourth-order valence-corrected chi connectivity index (χ4v) is 0. The monoisotopic (exact) mass is 157 g/mol. The average Bonchev–Trinajstić information content (AvgIpc) is 1.35. The fourth-order valence-electron chi connectivity index (χ4n) is 0. The highest BCUT2D eigenvalue weighted by Crippen LogP contribution is 1.73. The molecule has 0 atom stereocenters. The van der Waals surface area contributed by atoms with Crippen molar-refractivity contribution in [3.05, 3.63) is 0 Å². The van der Waals surface area contributed by atoms with Crippen LogP contribution in [0.25, 0.3) is 0 Å². The van der Waals surface area contributed by atoms with Crippen LogP contribution in [0.3, 0.4) is 0 Å². The third kappa shape index (κ3) is 32.6. The van der Waals surface area contributed by atoms with Crippen molar-refractivity contribution >= 4 is 10.1 Å². The first-order valence-electron chi connectivity index (χ1n) is 1.50. The third-order valence-electron chi connectivity index (χ3n) is 0.354. The van der Waals surface area contributed by atoms with E-state index in [0.29, 0.717) is 0 Å². The van der Waals surface area contributed by atoms with Gasteiger partial charge in [-0.15, -0.1) is 0 Å². The zero-order chi connectivity index (χ0) is 5.21. The summed E-state index contributed by atoms with van der Waals surface area (Å²) in [4.78, 5) is 0. The quantitative estimate of drug-likeness (QED) is 0.541. The van der Waals surface area contributed by atoms with Gasteiger partial charge in [0.15, 0.2) is 0 Å². The van der Waals surface area contributed by atoms with Gasteiger partial charge in [-0.05, 0) is 0 Å². The molecule has 0 aliphatic heterocycles. The minimum atomic E-state index is -3.91. The molecule has 4 heteroatoms. The Hall–Kier alpha value is -0.0900. The molecule has 0 saturated heterocycles. The van der Waals surface area contributed by atoms with Crippen molar-refractivity contribution in [1.29, 1.82) is 0 Å². The van der Waals surface area contributed by atoms with E-state index in [-0.39, 0.29) is 28.0 Å². The van der Waals surface area contributed by atoms with Crippen LogP contribution in [0, 0.1) is 0 Å². The summed E-state index contributed by atoms with van der Waals surface area (Å²) in [6.07, 6.45) is 0. The summed E-state index contributed by atoms with van der Waals surface area (Å²) < 4.78 is 28.3. The van der Waals surface area contributed by atoms with Crippen molar-refractivity contribution in [2.45, 2.75) is 29.2 Å². The first-order chi connectivity index (χ1) is 2.56. The molecule has 0 spiro atoms. The van der Waals surface area contributed by atoms with Gasteiger partial charge in [-0.25, -0.2) is 8.42 Å². The van der Waals surface area contributed by atoms with Crippen LogP contribution in [0.2, 0.25) is 0 Å². The zero-order valence-corrected chi connectivity index (χ0v) is 4.16. The third-order valence-corrected chi connectivity index (χ3v) is 1.06. The van der Waals surface area contributed by atoms with Gasteiger partial charge in [0, 0.05) is 5.75 Å². The Kier molecular flexibility index (Phi) is 20.3. The predicted molar refractivity (Wildman–Crippen MR) is 40.4 cm³/mol. The molecule has 0 aromatic carbocycles. The lowest BCUT2D eigenvalue weighted by Crippen LogP contribution is -1.98. The lowest BCUT2D eigenvalue weighted by atomic mass is 11.0. The van der Waals surface area contributed by atoms with Crippen molar-refractivity contribution in [3.63, 3.8) is 0 Å². The lowest BCUT2D eigenvalue weighted by Gasteiger charge is -1.97. The van der Waals surface area contributed by atoms with Crippen LogP contribution in [0.1, 0.15) is 29.2 Å². The maximum atomic E-state index is 9.44. The largest absolute Gasteiger partial charge is 0.748 e. The minimum absolute atomic E-state index is 0. The highest BCUT2D eigenvalue weighted by molar-refractivity contribution is 7.85. The van der Waals surface area contributed by atoms with Crippen LogP contribution >= 0.6 is 0 Å². The van der Waals surface area contributed by atoms with E-state index in [1.165, 1.54) is 6.92 Å². The summed E-state index contributed by atoms with van der Waals surface area (Å²) in [5.41, 5.74) is 0. The van der Waals surface area contributed by atoms with E-state index in [2.05, 4.69) is 0 Å². The highest BCUT2D eigenvalue weighted by atomic mass is 32.2. The maximum Gasteiger partial charge on any atom is 0.0943 e. The topological polar surface area (TPSA) is 57.2 Å². The summed E-state index contributed by atoms with van der Waals surface area (Å²) in [6.45, 7) is 1.31. The van der Waals surface area contributed by atoms with Crippen molar-refractivity contribution in [2.24, 2.45) is 0 Å². The summed E-state index contributed by atoms with van der Waals surface area (Å²) in [6, 6.07) is 0. The molecule has 0 rings (SSSR count). The molecule has 0 heterocycles. The summed E-state index contributed by atoms with van der Waals surface area (Å²) in [5.74, 6) is -0.312. The molecule has 9 heavy (non-hydrogen) atoms. The van der Waals surface area contributed by atoms with E-state index >= 15 is 0 Å². The van der Waals surface area contributed by atoms with Crippen molar-refractivity contribution in [1.82, 2.24) is 0 Å². The summed E-state index contributed by atoms with van der Waals surface area (Å²) >= 11 is 0. The fraction of sp³-hybridized carbons (Fsp3) is 1.00. The maximum absolute atomic E-state index is 9.44. The molecule has 0 fully saturated rings. The molecule has 0 aliphatic carbocycles. The SMILES string of the molecule is C.C.C.CCS(=O)(=O)[O-]. The van der Waals surface area contributed by atoms with E-state index in [0.717, 1.165) is 0 Å². The normalized spacial score (nSPS) is 7.78. The Bertz CT molecular complexity index is 114. The molecule has 0 amide bonds. The van der Waals surface area contributed by atoms with E-state index < -0.39 is 10.1 Å². The van der Waals surface area contributed by atoms with Gasteiger partial charge in [0.2, 0.25) is 0 Å². The van der Waals surface area contributed by atoms with Crippen LogP contribution in [0.5, 0.6) is 0 Å². The molecule has 0 N–H and O–H groups in total. The van der Waals surface area contributed by atoms with Crippen LogP contribution in [-0.4, -0.2) is 18.7 Å². The Labute approximate surface area is 58.8 Å². The Balaban J connectivity index is -0.0000000417.